The summed E-state index contributed by atoms with van der Waals surface area (Å²) in [5.74, 6) is -1.47. The first-order chi connectivity index (χ1) is 9.56. The van der Waals surface area contributed by atoms with Crippen LogP contribution in [0.15, 0.2) is 24.3 Å². The van der Waals surface area contributed by atoms with Gasteiger partial charge in [0.25, 0.3) is 0 Å². The summed E-state index contributed by atoms with van der Waals surface area (Å²) in [5, 5.41) is 11.7. The lowest BCUT2D eigenvalue weighted by Crippen LogP contribution is -2.33. The Hall–Kier alpha value is -1.84. The van der Waals surface area contributed by atoms with Crippen molar-refractivity contribution in [1.82, 2.24) is 5.32 Å². The average Bonchev–Trinajstić information content (AvgIpc) is 2.43. The molecule has 2 N–H and O–H groups in total. The number of aryl methyl sites for hydroxylation is 1. The topological polar surface area (TPSA) is 66.4 Å². The molecular weight excluding hydrogens is 254 g/mol. The molecule has 1 atom stereocenters. The molecule has 0 aliphatic rings. The van der Waals surface area contributed by atoms with E-state index in [9.17, 15) is 9.59 Å². The predicted octanol–water partition coefficient (Wildman–Crippen LogP) is 2.41. The number of hydrogen-bond acceptors (Lipinski definition) is 2. The van der Waals surface area contributed by atoms with Gasteiger partial charge in [0.2, 0.25) is 5.91 Å². The maximum absolute atomic E-state index is 11.8. The van der Waals surface area contributed by atoms with E-state index in [4.69, 9.17) is 5.11 Å². The highest BCUT2D eigenvalue weighted by Crippen LogP contribution is 2.08. The monoisotopic (exact) mass is 277 g/mol. The van der Waals surface area contributed by atoms with Crippen LogP contribution in [0.2, 0.25) is 0 Å². The molecule has 0 bridgehead atoms. The Morgan fingerprint density at radius 1 is 1.25 bits per heavy atom. The molecule has 110 valence electrons. The molecule has 0 fully saturated rings. The number of hydrogen-bond donors (Lipinski definition) is 2. The maximum Gasteiger partial charge on any atom is 0.308 e. The van der Waals surface area contributed by atoms with Crippen molar-refractivity contribution >= 4 is 11.9 Å². The second kappa shape index (κ2) is 8.35. The van der Waals surface area contributed by atoms with E-state index in [1.807, 2.05) is 31.2 Å². The SMILES string of the molecule is CCCC(CNC(=O)Cc1cccc(CC)c1)C(=O)O. The first-order valence-corrected chi connectivity index (χ1v) is 7.14. The first-order valence-electron chi connectivity index (χ1n) is 7.14. The van der Waals surface area contributed by atoms with E-state index in [1.165, 1.54) is 5.56 Å². The smallest absolute Gasteiger partial charge is 0.308 e. The highest BCUT2D eigenvalue weighted by atomic mass is 16.4. The second-order valence-corrected chi connectivity index (χ2v) is 4.98. The van der Waals surface area contributed by atoms with Crippen molar-refractivity contribution < 1.29 is 14.7 Å². The zero-order valence-electron chi connectivity index (χ0n) is 12.2. The van der Waals surface area contributed by atoms with E-state index in [2.05, 4.69) is 12.2 Å². The summed E-state index contributed by atoms with van der Waals surface area (Å²) < 4.78 is 0. The van der Waals surface area contributed by atoms with Crippen molar-refractivity contribution in [2.75, 3.05) is 6.54 Å². The third-order valence-corrected chi connectivity index (χ3v) is 3.30. The lowest BCUT2D eigenvalue weighted by molar-refractivity contribution is -0.141. The van der Waals surface area contributed by atoms with Gasteiger partial charge in [0, 0.05) is 6.54 Å². The second-order valence-electron chi connectivity index (χ2n) is 4.98. The van der Waals surface area contributed by atoms with E-state index < -0.39 is 11.9 Å². The number of rotatable bonds is 8. The van der Waals surface area contributed by atoms with Gasteiger partial charge in [-0.15, -0.1) is 0 Å². The minimum absolute atomic E-state index is 0.124. The number of carboxylic acid groups (broad SMARTS) is 1. The predicted molar refractivity (Wildman–Crippen MR) is 78.6 cm³/mol. The number of nitrogens with one attached hydrogen (secondary N) is 1. The van der Waals surface area contributed by atoms with Crippen LogP contribution in [0.3, 0.4) is 0 Å². The molecule has 20 heavy (non-hydrogen) atoms. The Kier molecular flexibility index (Phi) is 6.77. The number of aliphatic carboxylic acids is 1. The number of carbonyl (C=O) groups excluding carboxylic acids is 1. The summed E-state index contributed by atoms with van der Waals surface area (Å²) in [6.07, 6.45) is 2.62. The zero-order valence-corrected chi connectivity index (χ0v) is 12.2. The zero-order chi connectivity index (χ0) is 15.0. The van der Waals surface area contributed by atoms with Crippen LogP contribution >= 0.6 is 0 Å². The van der Waals surface area contributed by atoms with E-state index in [0.717, 1.165) is 18.4 Å². The molecule has 1 aromatic rings. The van der Waals surface area contributed by atoms with Gasteiger partial charge in [-0.25, -0.2) is 0 Å². The number of carbonyl (C=O) groups is 2. The van der Waals surface area contributed by atoms with Gasteiger partial charge in [-0.05, 0) is 24.0 Å². The van der Waals surface area contributed by atoms with Crippen LogP contribution in [0.1, 0.15) is 37.8 Å². The van der Waals surface area contributed by atoms with Gasteiger partial charge in [0.05, 0.1) is 12.3 Å². The van der Waals surface area contributed by atoms with Gasteiger partial charge in [-0.1, -0.05) is 44.5 Å². The molecule has 0 heterocycles. The third kappa shape index (κ3) is 5.43. The van der Waals surface area contributed by atoms with Crippen LogP contribution in [0.5, 0.6) is 0 Å². The Labute approximate surface area is 120 Å². The van der Waals surface area contributed by atoms with Gasteiger partial charge in [-0.2, -0.15) is 0 Å². The molecule has 0 saturated carbocycles. The van der Waals surface area contributed by atoms with E-state index in [-0.39, 0.29) is 12.5 Å². The molecular formula is C16H23NO3. The fourth-order valence-electron chi connectivity index (χ4n) is 2.11. The van der Waals surface area contributed by atoms with Gasteiger partial charge < -0.3 is 10.4 Å². The van der Waals surface area contributed by atoms with Crippen LogP contribution in [0.25, 0.3) is 0 Å². The summed E-state index contributed by atoms with van der Waals surface area (Å²) in [5.41, 5.74) is 2.16. The normalized spacial score (nSPS) is 11.9. The Balaban J connectivity index is 2.48. The highest BCUT2D eigenvalue weighted by Gasteiger charge is 2.17. The summed E-state index contributed by atoms with van der Waals surface area (Å²) >= 11 is 0. The van der Waals surface area contributed by atoms with Crippen molar-refractivity contribution in [2.24, 2.45) is 5.92 Å². The molecule has 0 spiro atoms. The molecule has 1 unspecified atom stereocenters. The summed E-state index contributed by atoms with van der Waals surface area (Å²) in [7, 11) is 0. The van der Waals surface area contributed by atoms with Gasteiger partial charge in [0.15, 0.2) is 0 Å². The van der Waals surface area contributed by atoms with Crippen molar-refractivity contribution in [3.63, 3.8) is 0 Å². The minimum Gasteiger partial charge on any atom is -0.481 e. The summed E-state index contributed by atoms with van der Waals surface area (Å²) in [4.78, 5) is 22.8. The summed E-state index contributed by atoms with van der Waals surface area (Å²) in [6, 6.07) is 7.90. The Morgan fingerprint density at radius 3 is 2.55 bits per heavy atom. The van der Waals surface area contributed by atoms with E-state index in [0.29, 0.717) is 12.8 Å². The Bertz CT molecular complexity index is 457. The first kappa shape index (κ1) is 16.2. The van der Waals surface area contributed by atoms with Crippen molar-refractivity contribution in [1.29, 1.82) is 0 Å². The highest BCUT2D eigenvalue weighted by molar-refractivity contribution is 5.79. The fraction of sp³-hybridized carbons (Fsp3) is 0.500. The van der Waals surface area contributed by atoms with Crippen LogP contribution in [0, 0.1) is 5.92 Å². The van der Waals surface area contributed by atoms with Crippen molar-refractivity contribution in [2.45, 2.75) is 39.5 Å². The van der Waals surface area contributed by atoms with Crippen molar-refractivity contribution in [3.8, 4) is 0 Å². The number of carboxylic acids is 1. The average molecular weight is 277 g/mol. The number of benzene rings is 1. The van der Waals surface area contributed by atoms with Crippen LogP contribution in [-0.4, -0.2) is 23.5 Å². The molecule has 4 heteroatoms. The third-order valence-electron chi connectivity index (χ3n) is 3.30. The van der Waals surface area contributed by atoms with Crippen molar-refractivity contribution in [3.05, 3.63) is 35.4 Å². The lowest BCUT2D eigenvalue weighted by atomic mass is 10.0. The molecule has 0 radical (unpaired) electrons. The molecule has 1 aromatic carbocycles. The number of amides is 1. The Morgan fingerprint density at radius 2 is 1.95 bits per heavy atom. The van der Waals surface area contributed by atoms with Crippen LogP contribution in [0.4, 0.5) is 0 Å². The molecule has 0 aromatic heterocycles. The van der Waals surface area contributed by atoms with Gasteiger partial charge in [0.1, 0.15) is 0 Å². The molecule has 0 aliphatic carbocycles. The van der Waals surface area contributed by atoms with E-state index >= 15 is 0 Å². The molecule has 0 saturated heterocycles. The largest absolute Gasteiger partial charge is 0.481 e. The minimum atomic E-state index is -0.847. The van der Waals surface area contributed by atoms with Gasteiger partial charge >= 0.3 is 5.97 Å². The van der Waals surface area contributed by atoms with Crippen LogP contribution in [-0.2, 0) is 22.4 Å². The maximum atomic E-state index is 11.8. The molecule has 4 nitrogen and oxygen atoms in total. The lowest BCUT2D eigenvalue weighted by Gasteiger charge is -2.12. The molecule has 1 amide bonds. The fourth-order valence-corrected chi connectivity index (χ4v) is 2.11. The summed E-state index contributed by atoms with van der Waals surface area (Å²) in [6.45, 7) is 4.21. The van der Waals surface area contributed by atoms with Crippen LogP contribution < -0.4 is 5.32 Å². The standard InChI is InChI=1S/C16H23NO3/c1-3-6-14(16(19)20)11-17-15(18)10-13-8-5-7-12(4-2)9-13/h5,7-9,14H,3-4,6,10-11H2,1-2H3,(H,17,18)(H,19,20). The molecule has 0 aliphatic heterocycles. The quantitative estimate of drug-likeness (QED) is 0.767. The van der Waals surface area contributed by atoms with E-state index in [1.54, 1.807) is 0 Å². The van der Waals surface area contributed by atoms with Gasteiger partial charge in [-0.3, -0.25) is 9.59 Å². The molecule has 1 rings (SSSR count).